The number of rotatable bonds is 3. The molecule has 0 amide bonds. The predicted molar refractivity (Wildman–Crippen MR) is 81.8 cm³/mol. The first kappa shape index (κ1) is 14.5. The van der Waals surface area contributed by atoms with Crippen molar-refractivity contribution in [1.82, 2.24) is 9.80 Å². The van der Waals surface area contributed by atoms with Gasteiger partial charge in [-0.2, -0.15) is 5.26 Å². The van der Waals surface area contributed by atoms with Crippen molar-refractivity contribution in [3.8, 4) is 6.07 Å². The van der Waals surface area contributed by atoms with Crippen molar-refractivity contribution in [2.75, 3.05) is 39.4 Å². The molecular weight excluding hydrogens is 262 g/mol. The van der Waals surface area contributed by atoms with Crippen molar-refractivity contribution in [2.45, 2.75) is 25.4 Å². The summed E-state index contributed by atoms with van der Waals surface area (Å²) < 4.78 is 5.45. The van der Waals surface area contributed by atoms with Crippen molar-refractivity contribution >= 4 is 0 Å². The SMILES string of the molecule is N#Cc1ccc(CN2CCN(C3CCOCC3)CC2)cc1. The smallest absolute Gasteiger partial charge is 0.0991 e. The van der Waals surface area contributed by atoms with Crippen LogP contribution in [0.3, 0.4) is 0 Å². The first-order valence-electron chi connectivity index (χ1n) is 7.88. The van der Waals surface area contributed by atoms with E-state index in [2.05, 4.69) is 28.0 Å². The zero-order valence-electron chi connectivity index (χ0n) is 12.5. The number of nitriles is 1. The maximum atomic E-state index is 8.83. The highest BCUT2D eigenvalue weighted by Gasteiger charge is 2.25. The molecule has 0 spiro atoms. The molecule has 112 valence electrons. The molecule has 1 aromatic carbocycles. The molecule has 0 radical (unpaired) electrons. The van der Waals surface area contributed by atoms with Crippen LogP contribution in [-0.2, 0) is 11.3 Å². The summed E-state index contributed by atoms with van der Waals surface area (Å²) in [6, 6.07) is 10.9. The molecule has 2 aliphatic rings. The van der Waals surface area contributed by atoms with Gasteiger partial charge in [-0.05, 0) is 30.5 Å². The van der Waals surface area contributed by atoms with E-state index in [1.54, 1.807) is 0 Å². The Kier molecular flexibility index (Phi) is 4.87. The van der Waals surface area contributed by atoms with E-state index in [0.29, 0.717) is 0 Å². The topological polar surface area (TPSA) is 39.5 Å². The van der Waals surface area contributed by atoms with Crippen LogP contribution in [0.25, 0.3) is 0 Å². The van der Waals surface area contributed by atoms with Gasteiger partial charge < -0.3 is 4.74 Å². The minimum absolute atomic E-state index is 0.732. The number of hydrogen-bond acceptors (Lipinski definition) is 4. The molecule has 0 atom stereocenters. The van der Waals surface area contributed by atoms with Gasteiger partial charge in [0.1, 0.15) is 0 Å². The molecule has 1 aromatic rings. The van der Waals surface area contributed by atoms with E-state index in [-0.39, 0.29) is 0 Å². The molecular formula is C17H23N3O. The van der Waals surface area contributed by atoms with Gasteiger partial charge in [0, 0.05) is 52.0 Å². The molecule has 3 rings (SSSR count). The fourth-order valence-electron chi connectivity index (χ4n) is 3.28. The van der Waals surface area contributed by atoms with Crippen molar-refractivity contribution in [1.29, 1.82) is 5.26 Å². The third-order valence-electron chi connectivity index (χ3n) is 4.60. The van der Waals surface area contributed by atoms with Gasteiger partial charge in [0.05, 0.1) is 11.6 Å². The average Bonchev–Trinajstić information content (AvgIpc) is 2.57. The Hall–Kier alpha value is -1.41. The highest BCUT2D eigenvalue weighted by molar-refractivity contribution is 5.31. The monoisotopic (exact) mass is 285 g/mol. The third-order valence-corrected chi connectivity index (χ3v) is 4.60. The molecule has 2 aliphatic heterocycles. The van der Waals surface area contributed by atoms with Crippen LogP contribution in [0.1, 0.15) is 24.0 Å². The largest absolute Gasteiger partial charge is 0.381 e. The second-order valence-electron chi connectivity index (χ2n) is 5.96. The Morgan fingerprint density at radius 3 is 2.33 bits per heavy atom. The van der Waals surface area contributed by atoms with Gasteiger partial charge in [0.2, 0.25) is 0 Å². The Morgan fingerprint density at radius 2 is 1.71 bits per heavy atom. The van der Waals surface area contributed by atoms with Crippen molar-refractivity contribution in [3.05, 3.63) is 35.4 Å². The van der Waals surface area contributed by atoms with Crippen LogP contribution in [0.2, 0.25) is 0 Å². The maximum absolute atomic E-state index is 8.83. The summed E-state index contributed by atoms with van der Waals surface area (Å²) in [6.07, 6.45) is 2.38. The van der Waals surface area contributed by atoms with Crippen molar-refractivity contribution in [2.24, 2.45) is 0 Å². The van der Waals surface area contributed by atoms with Gasteiger partial charge in [-0.15, -0.1) is 0 Å². The summed E-state index contributed by atoms with van der Waals surface area (Å²) in [6.45, 7) is 7.45. The molecule has 2 fully saturated rings. The first-order chi connectivity index (χ1) is 10.3. The van der Waals surface area contributed by atoms with E-state index in [9.17, 15) is 0 Å². The van der Waals surface area contributed by atoms with Gasteiger partial charge in [0.25, 0.3) is 0 Å². The lowest BCUT2D eigenvalue weighted by atomic mass is 10.1. The molecule has 4 heteroatoms. The van der Waals surface area contributed by atoms with Gasteiger partial charge in [-0.3, -0.25) is 9.80 Å². The molecule has 2 heterocycles. The zero-order valence-corrected chi connectivity index (χ0v) is 12.5. The summed E-state index contributed by atoms with van der Waals surface area (Å²) >= 11 is 0. The maximum Gasteiger partial charge on any atom is 0.0991 e. The molecule has 21 heavy (non-hydrogen) atoms. The Bertz CT molecular complexity index is 480. The van der Waals surface area contributed by atoms with Crippen LogP contribution in [0.5, 0.6) is 0 Å². The van der Waals surface area contributed by atoms with E-state index in [0.717, 1.165) is 44.5 Å². The lowest BCUT2D eigenvalue weighted by Gasteiger charge is -2.40. The van der Waals surface area contributed by atoms with Crippen LogP contribution in [0.15, 0.2) is 24.3 Å². The summed E-state index contributed by atoms with van der Waals surface area (Å²) in [7, 11) is 0. The van der Waals surface area contributed by atoms with E-state index >= 15 is 0 Å². The molecule has 0 unspecified atom stereocenters. The second kappa shape index (κ2) is 7.04. The van der Waals surface area contributed by atoms with E-state index in [1.165, 1.54) is 31.5 Å². The third kappa shape index (κ3) is 3.82. The fraction of sp³-hybridized carbons (Fsp3) is 0.588. The van der Waals surface area contributed by atoms with E-state index in [4.69, 9.17) is 10.00 Å². The number of benzene rings is 1. The predicted octanol–water partition coefficient (Wildman–Crippen LogP) is 1.85. The zero-order chi connectivity index (χ0) is 14.5. The molecule has 0 bridgehead atoms. The molecule has 0 saturated carbocycles. The van der Waals surface area contributed by atoms with Crippen LogP contribution in [0, 0.1) is 11.3 Å². The lowest BCUT2D eigenvalue weighted by Crippen LogP contribution is -2.51. The molecule has 2 saturated heterocycles. The minimum atomic E-state index is 0.732. The number of piperazine rings is 1. The minimum Gasteiger partial charge on any atom is -0.381 e. The Balaban J connectivity index is 1.47. The van der Waals surface area contributed by atoms with Gasteiger partial charge in [-0.1, -0.05) is 12.1 Å². The van der Waals surface area contributed by atoms with Crippen molar-refractivity contribution in [3.63, 3.8) is 0 Å². The standard InChI is InChI=1S/C17H23N3O/c18-13-15-1-3-16(4-2-15)14-19-7-9-20(10-8-19)17-5-11-21-12-6-17/h1-4,17H,5-12,14H2. The number of nitrogens with zero attached hydrogens (tertiary/aromatic N) is 3. The summed E-state index contributed by atoms with van der Waals surface area (Å²) in [5.74, 6) is 0. The van der Waals surface area contributed by atoms with E-state index < -0.39 is 0 Å². The quantitative estimate of drug-likeness (QED) is 0.850. The molecule has 0 aromatic heterocycles. The van der Waals surface area contributed by atoms with Crippen LogP contribution >= 0.6 is 0 Å². The molecule has 0 N–H and O–H groups in total. The second-order valence-corrected chi connectivity index (χ2v) is 5.96. The van der Waals surface area contributed by atoms with Gasteiger partial charge in [-0.25, -0.2) is 0 Å². The highest BCUT2D eigenvalue weighted by Crippen LogP contribution is 2.17. The van der Waals surface area contributed by atoms with Crippen molar-refractivity contribution < 1.29 is 4.74 Å². The summed E-state index contributed by atoms with van der Waals surface area (Å²) in [4.78, 5) is 5.15. The number of ether oxygens (including phenoxy) is 1. The average molecular weight is 285 g/mol. The Morgan fingerprint density at radius 1 is 1.05 bits per heavy atom. The summed E-state index contributed by atoms with van der Waals surface area (Å²) in [5.41, 5.74) is 2.04. The first-order valence-corrected chi connectivity index (χ1v) is 7.88. The molecule has 0 aliphatic carbocycles. The highest BCUT2D eigenvalue weighted by atomic mass is 16.5. The fourth-order valence-corrected chi connectivity index (χ4v) is 3.28. The molecule has 4 nitrogen and oxygen atoms in total. The van der Waals surface area contributed by atoms with Crippen LogP contribution in [-0.4, -0.2) is 55.2 Å². The van der Waals surface area contributed by atoms with Gasteiger partial charge >= 0.3 is 0 Å². The summed E-state index contributed by atoms with van der Waals surface area (Å²) in [5, 5.41) is 8.83. The van der Waals surface area contributed by atoms with Crippen LogP contribution in [0.4, 0.5) is 0 Å². The lowest BCUT2D eigenvalue weighted by molar-refractivity contribution is 0.0126. The normalized spacial score (nSPS) is 22.0. The Labute approximate surface area is 126 Å². The van der Waals surface area contributed by atoms with Gasteiger partial charge in [0.15, 0.2) is 0 Å². The van der Waals surface area contributed by atoms with Crippen LogP contribution < -0.4 is 0 Å². The number of hydrogen-bond donors (Lipinski definition) is 0. The van der Waals surface area contributed by atoms with E-state index in [1.807, 2.05) is 12.1 Å².